The molecule has 2 rings (SSSR count). The molecule has 1 aliphatic rings. The van der Waals surface area contributed by atoms with Gasteiger partial charge in [0.15, 0.2) is 9.84 Å². The molecule has 3 atom stereocenters. The van der Waals surface area contributed by atoms with Crippen molar-refractivity contribution < 1.29 is 13.2 Å². The van der Waals surface area contributed by atoms with E-state index in [-0.39, 0.29) is 17.7 Å². The van der Waals surface area contributed by atoms with Crippen LogP contribution in [0.4, 0.5) is 0 Å². The smallest absolute Gasteiger partial charge is 0.235 e. The molecule has 146 valence electrons. The molecule has 0 heterocycles. The lowest BCUT2D eigenvalue weighted by Gasteiger charge is -2.37. The van der Waals surface area contributed by atoms with E-state index < -0.39 is 15.6 Å². The first-order chi connectivity index (χ1) is 12.3. The van der Waals surface area contributed by atoms with Crippen molar-refractivity contribution in [3.63, 3.8) is 0 Å². The summed E-state index contributed by atoms with van der Waals surface area (Å²) < 4.78 is 24.6. The van der Waals surface area contributed by atoms with Crippen LogP contribution >= 0.6 is 0 Å². The minimum absolute atomic E-state index is 0.0595. The summed E-state index contributed by atoms with van der Waals surface area (Å²) in [6.07, 6.45) is 4.51. The highest BCUT2D eigenvalue weighted by atomic mass is 32.2. The fraction of sp³-hybridized carbons (Fsp3) is 0.667. The highest BCUT2D eigenvalue weighted by Gasteiger charge is 2.32. The highest BCUT2D eigenvalue weighted by molar-refractivity contribution is 7.92. The Morgan fingerprint density at radius 3 is 2.54 bits per heavy atom. The van der Waals surface area contributed by atoms with Crippen molar-refractivity contribution in [3.05, 3.63) is 35.9 Å². The molecule has 5 heteroatoms. The minimum Gasteiger partial charge on any atom is -0.352 e. The number of benzene rings is 1. The molecular formula is C21H33NO3S. The van der Waals surface area contributed by atoms with Gasteiger partial charge in [0.1, 0.15) is 5.75 Å². The average Bonchev–Trinajstić information content (AvgIpc) is 2.54. The Balaban J connectivity index is 1.82. The molecule has 0 saturated heterocycles. The molecule has 26 heavy (non-hydrogen) atoms. The van der Waals surface area contributed by atoms with E-state index in [1.807, 2.05) is 30.3 Å². The fourth-order valence-corrected chi connectivity index (χ4v) is 5.24. The van der Waals surface area contributed by atoms with Crippen molar-refractivity contribution >= 4 is 15.7 Å². The average molecular weight is 380 g/mol. The summed E-state index contributed by atoms with van der Waals surface area (Å²) in [5.74, 6) is 0.847. The maximum atomic E-state index is 12.3. The second kappa shape index (κ2) is 9.54. The molecular weight excluding hydrogens is 346 g/mol. The van der Waals surface area contributed by atoms with Gasteiger partial charge in [0, 0.05) is 6.04 Å². The molecule has 0 spiro atoms. The number of nitrogens with one attached hydrogen (secondary N) is 1. The van der Waals surface area contributed by atoms with Crippen LogP contribution in [0.2, 0.25) is 0 Å². The van der Waals surface area contributed by atoms with Crippen LogP contribution in [-0.2, 0) is 21.1 Å². The molecule has 4 nitrogen and oxygen atoms in total. The molecule has 1 aliphatic carbocycles. The second-order valence-electron chi connectivity index (χ2n) is 8.18. The molecule has 1 aromatic carbocycles. The fourth-order valence-electron chi connectivity index (χ4n) is 4.03. The maximum Gasteiger partial charge on any atom is 0.235 e. The number of rotatable bonds is 8. The number of aryl methyl sites for hydroxylation is 1. The molecule has 0 radical (unpaired) electrons. The van der Waals surface area contributed by atoms with Crippen molar-refractivity contribution in [1.29, 1.82) is 0 Å². The van der Waals surface area contributed by atoms with E-state index in [1.54, 1.807) is 0 Å². The van der Waals surface area contributed by atoms with Gasteiger partial charge in [0.25, 0.3) is 0 Å². The van der Waals surface area contributed by atoms with E-state index in [0.717, 1.165) is 24.8 Å². The molecule has 0 aliphatic heterocycles. The Morgan fingerprint density at radius 2 is 1.88 bits per heavy atom. The zero-order valence-electron chi connectivity index (χ0n) is 16.3. The quantitative estimate of drug-likeness (QED) is 0.750. The van der Waals surface area contributed by atoms with E-state index in [0.29, 0.717) is 24.2 Å². The molecule has 1 fully saturated rings. The lowest BCUT2D eigenvalue weighted by Crippen LogP contribution is -2.47. The van der Waals surface area contributed by atoms with E-state index in [2.05, 4.69) is 26.1 Å². The summed E-state index contributed by atoms with van der Waals surface area (Å²) in [6, 6.07) is 9.94. The van der Waals surface area contributed by atoms with E-state index in [9.17, 15) is 13.2 Å². The van der Waals surface area contributed by atoms with Gasteiger partial charge in [-0.3, -0.25) is 4.79 Å². The zero-order chi connectivity index (χ0) is 19.2. The monoisotopic (exact) mass is 379 g/mol. The maximum absolute atomic E-state index is 12.3. The SMILES string of the molecule is CC(C)[C@@H]1CC[C@H](C)C[C@@H]1NC(=O)CS(=O)(=O)CCCc1ccccc1. The Bertz CT molecular complexity index is 670. The summed E-state index contributed by atoms with van der Waals surface area (Å²) in [4.78, 5) is 12.3. The van der Waals surface area contributed by atoms with Crippen LogP contribution in [0.1, 0.15) is 52.0 Å². The Hall–Kier alpha value is -1.36. The first-order valence-electron chi connectivity index (χ1n) is 9.80. The van der Waals surface area contributed by atoms with Gasteiger partial charge in [-0.15, -0.1) is 0 Å². The molecule has 0 aromatic heterocycles. The summed E-state index contributed by atoms with van der Waals surface area (Å²) in [5.41, 5.74) is 1.13. The molecule has 0 unspecified atom stereocenters. The van der Waals surface area contributed by atoms with Gasteiger partial charge in [0.2, 0.25) is 5.91 Å². The van der Waals surface area contributed by atoms with Crippen molar-refractivity contribution in [2.45, 2.75) is 58.9 Å². The number of hydrogen-bond acceptors (Lipinski definition) is 3. The van der Waals surface area contributed by atoms with E-state index >= 15 is 0 Å². The summed E-state index contributed by atoms with van der Waals surface area (Å²) >= 11 is 0. The van der Waals surface area contributed by atoms with Crippen molar-refractivity contribution in [1.82, 2.24) is 5.32 Å². The Morgan fingerprint density at radius 1 is 1.19 bits per heavy atom. The van der Waals surface area contributed by atoms with Gasteiger partial charge >= 0.3 is 0 Å². The number of sulfone groups is 1. The minimum atomic E-state index is -3.37. The first-order valence-corrected chi connectivity index (χ1v) is 11.6. The largest absolute Gasteiger partial charge is 0.352 e. The standard InChI is InChI=1S/C21H33NO3S/c1-16(2)19-12-11-17(3)14-20(19)22-21(23)15-26(24,25)13-7-10-18-8-5-4-6-9-18/h4-6,8-9,16-17,19-20H,7,10-15H2,1-3H3,(H,22,23)/t17-,19-,20-/m0/s1. The normalized spacial score (nSPS) is 23.8. The van der Waals surface area contributed by atoms with Crippen molar-refractivity contribution in [2.24, 2.45) is 17.8 Å². The van der Waals surface area contributed by atoms with Crippen LogP contribution in [0.3, 0.4) is 0 Å². The molecule has 1 N–H and O–H groups in total. The van der Waals surface area contributed by atoms with Gasteiger partial charge in [0.05, 0.1) is 5.75 Å². The topological polar surface area (TPSA) is 63.2 Å². The van der Waals surface area contributed by atoms with Crippen LogP contribution in [-0.4, -0.2) is 31.9 Å². The number of hydrogen-bond donors (Lipinski definition) is 1. The summed E-state index contributed by atoms with van der Waals surface area (Å²) in [7, 11) is -3.37. The lowest BCUT2D eigenvalue weighted by molar-refractivity contribution is -0.120. The van der Waals surface area contributed by atoms with E-state index in [4.69, 9.17) is 0 Å². The number of carbonyl (C=O) groups is 1. The van der Waals surface area contributed by atoms with Crippen molar-refractivity contribution in [3.8, 4) is 0 Å². The van der Waals surface area contributed by atoms with Crippen LogP contribution in [0.5, 0.6) is 0 Å². The molecule has 0 bridgehead atoms. The summed E-state index contributed by atoms with van der Waals surface area (Å²) in [5, 5.41) is 3.03. The van der Waals surface area contributed by atoms with Gasteiger partial charge in [-0.2, -0.15) is 0 Å². The van der Waals surface area contributed by atoms with Gasteiger partial charge < -0.3 is 5.32 Å². The lowest BCUT2D eigenvalue weighted by atomic mass is 9.74. The van der Waals surface area contributed by atoms with Crippen LogP contribution < -0.4 is 5.32 Å². The predicted molar refractivity (Wildman–Crippen MR) is 107 cm³/mol. The Labute approximate surface area is 158 Å². The highest BCUT2D eigenvalue weighted by Crippen LogP contribution is 2.33. The van der Waals surface area contributed by atoms with Crippen LogP contribution in [0.15, 0.2) is 30.3 Å². The van der Waals surface area contributed by atoms with Gasteiger partial charge in [-0.25, -0.2) is 8.42 Å². The number of amides is 1. The van der Waals surface area contributed by atoms with E-state index in [1.165, 1.54) is 6.42 Å². The third-order valence-corrected chi connectivity index (χ3v) is 7.10. The van der Waals surface area contributed by atoms with Crippen LogP contribution in [0, 0.1) is 17.8 Å². The molecule has 1 saturated carbocycles. The van der Waals surface area contributed by atoms with Gasteiger partial charge in [-0.1, -0.05) is 57.5 Å². The second-order valence-corrected chi connectivity index (χ2v) is 10.4. The van der Waals surface area contributed by atoms with Crippen LogP contribution in [0.25, 0.3) is 0 Å². The third kappa shape index (κ3) is 6.75. The van der Waals surface area contributed by atoms with Crippen molar-refractivity contribution in [2.75, 3.05) is 11.5 Å². The van der Waals surface area contributed by atoms with Gasteiger partial charge in [-0.05, 0) is 49.0 Å². The zero-order valence-corrected chi connectivity index (χ0v) is 17.1. The molecule has 1 aromatic rings. The molecule has 1 amide bonds. The summed E-state index contributed by atoms with van der Waals surface area (Å²) in [6.45, 7) is 6.57. The predicted octanol–water partition coefficient (Wildman–Crippen LogP) is 3.61. The first kappa shape index (κ1) is 20.9. The number of carbonyl (C=O) groups excluding carboxylic acids is 1. The third-order valence-electron chi connectivity index (χ3n) is 5.48. The Kier molecular flexibility index (Phi) is 7.69.